The Balaban J connectivity index is 1.41. The van der Waals surface area contributed by atoms with Crippen LogP contribution in [0.4, 0.5) is 0 Å². The Morgan fingerprint density at radius 3 is 1.93 bits per heavy atom. The summed E-state index contributed by atoms with van der Waals surface area (Å²) >= 11 is 0. The molecular weight excluding hydrogens is 356 g/mol. The smallest absolute Gasteiger partial charge is 0.0723 e. The topological polar surface area (TPSA) is 46.2 Å². The molecule has 156 valence electrons. The molecule has 0 spiro atoms. The Hall–Kier alpha value is -0.980. The van der Waals surface area contributed by atoms with Gasteiger partial charge in [-0.05, 0) is 29.5 Å². The summed E-state index contributed by atoms with van der Waals surface area (Å²) in [5, 5.41) is 0. The van der Waals surface area contributed by atoms with Crippen LogP contribution in [0.1, 0.15) is 49.3 Å². The predicted molar refractivity (Wildman–Crippen MR) is 106 cm³/mol. The summed E-state index contributed by atoms with van der Waals surface area (Å²) in [4.78, 5) is 0. The van der Waals surface area contributed by atoms with Gasteiger partial charge in [-0.25, -0.2) is 0 Å². The Morgan fingerprint density at radius 2 is 1.46 bits per heavy atom. The van der Waals surface area contributed by atoms with Crippen LogP contribution in [0.5, 0.6) is 0 Å². The van der Waals surface area contributed by atoms with Crippen LogP contribution in [0, 0.1) is 10.8 Å². The highest BCUT2D eigenvalue weighted by Gasteiger charge is 2.38. The van der Waals surface area contributed by atoms with Gasteiger partial charge in [0.15, 0.2) is 0 Å². The quantitative estimate of drug-likeness (QED) is 0.577. The third-order valence-corrected chi connectivity index (χ3v) is 6.84. The molecule has 3 heterocycles. The maximum absolute atomic E-state index is 6.22. The standard InChI is InChI=1S/C23H34O5/c1-3-22(14-27-15-22)12-25-8-18-6-5-7-20(19-9-24-10-19)21(18)11-26-13-23(4-2)16-28-17-23/h5-7,19H,3-4,8-17H2,1-2H3. The van der Waals surface area contributed by atoms with E-state index in [4.69, 9.17) is 23.7 Å². The fourth-order valence-electron chi connectivity index (χ4n) is 4.07. The van der Waals surface area contributed by atoms with Gasteiger partial charge in [0, 0.05) is 16.7 Å². The van der Waals surface area contributed by atoms with Gasteiger partial charge in [0.05, 0.1) is 66.1 Å². The van der Waals surface area contributed by atoms with Gasteiger partial charge in [0.2, 0.25) is 0 Å². The molecule has 1 aromatic carbocycles. The molecule has 0 atom stereocenters. The summed E-state index contributed by atoms with van der Waals surface area (Å²) in [6.45, 7) is 12.1. The molecule has 0 aliphatic carbocycles. The summed E-state index contributed by atoms with van der Waals surface area (Å²) < 4.78 is 28.7. The molecule has 1 aromatic rings. The van der Waals surface area contributed by atoms with Crippen LogP contribution >= 0.6 is 0 Å². The molecule has 5 nitrogen and oxygen atoms in total. The van der Waals surface area contributed by atoms with Gasteiger partial charge in [0.25, 0.3) is 0 Å². The number of hydrogen-bond acceptors (Lipinski definition) is 5. The van der Waals surface area contributed by atoms with E-state index in [0.29, 0.717) is 19.1 Å². The number of ether oxygens (including phenoxy) is 5. The van der Waals surface area contributed by atoms with Crippen LogP contribution in [0.25, 0.3) is 0 Å². The van der Waals surface area contributed by atoms with Crippen molar-refractivity contribution in [3.05, 3.63) is 34.9 Å². The SMILES string of the molecule is CCC1(COCc2cccc(C3COC3)c2COCC2(CC)COC2)COC1. The molecule has 3 aliphatic rings. The third-order valence-electron chi connectivity index (χ3n) is 6.84. The molecule has 0 bridgehead atoms. The van der Waals surface area contributed by atoms with Gasteiger partial charge in [-0.2, -0.15) is 0 Å². The number of rotatable bonds is 11. The van der Waals surface area contributed by atoms with Crippen LogP contribution in [-0.4, -0.2) is 52.9 Å². The van der Waals surface area contributed by atoms with Gasteiger partial charge in [-0.1, -0.05) is 32.0 Å². The summed E-state index contributed by atoms with van der Waals surface area (Å²) in [5.74, 6) is 0.479. The average Bonchev–Trinajstić information content (AvgIpc) is 2.60. The minimum absolute atomic E-state index is 0.211. The van der Waals surface area contributed by atoms with Gasteiger partial charge >= 0.3 is 0 Å². The average molecular weight is 391 g/mol. The molecule has 4 rings (SSSR count). The van der Waals surface area contributed by atoms with Gasteiger partial charge in [-0.15, -0.1) is 0 Å². The highest BCUT2D eigenvalue weighted by Crippen LogP contribution is 2.35. The van der Waals surface area contributed by atoms with E-state index in [0.717, 1.165) is 65.7 Å². The molecule has 3 saturated heterocycles. The lowest BCUT2D eigenvalue weighted by Gasteiger charge is -2.40. The summed E-state index contributed by atoms with van der Waals surface area (Å²) in [5.41, 5.74) is 4.32. The van der Waals surface area contributed by atoms with Crippen LogP contribution in [0.2, 0.25) is 0 Å². The first-order valence-electron chi connectivity index (χ1n) is 10.7. The maximum Gasteiger partial charge on any atom is 0.0723 e. The second kappa shape index (κ2) is 8.80. The van der Waals surface area contributed by atoms with E-state index >= 15 is 0 Å². The van der Waals surface area contributed by atoms with Crippen molar-refractivity contribution in [3.63, 3.8) is 0 Å². The van der Waals surface area contributed by atoms with Crippen LogP contribution in [-0.2, 0) is 36.9 Å². The zero-order valence-corrected chi connectivity index (χ0v) is 17.3. The number of benzene rings is 1. The molecule has 0 amide bonds. The van der Waals surface area contributed by atoms with Crippen molar-refractivity contribution in [1.29, 1.82) is 0 Å². The first-order valence-corrected chi connectivity index (χ1v) is 10.7. The lowest BCUT2D eigenvalue weighted by atomic mass is 9.84. The van der Waals surface area contributed by atoms with E-state index in [-0.39, 0.29) is 10.8 Å². The molecule has 3 fully saturated rings. The first kappa shape index (κ1) is 20.3. The highest BCUT2D eigenvalue weighted by atomic mass is 16.5. The molecule has 28 heavy (non-hydrogen) atoms. The van der Waals surface area contributed by atoms with Crippen molar-refractivity contribution < 1.29 is 23.7 Å². The van der Waals surface area contributed by atoms with E-state index in [2.05, 4.69) is 32.0 Å². The van der Waals surface area contributed by atoms with Gasteiger partial charge in [0.1, 0.15) is 0 Å². The number of hydrogen-bond donors (Lipinski definition) is 0. The molecule has 0 aromatic heterocycles. The van der Waals surface area contributed by atoms with Gasteiger partial charge in [-0.3, -0.25) is 0 Å². The van der Waals surface area contributed by atoms with E-state index < -0.39 is 0 Å². The van der Waals surface area contributed by atoms with Crippen LogP contribution < -0.4 is 0 Å². The Labute approximate surface area is 168 Å². The van der Waals surface area contributed by atoms with Crippen molar-refractivity contribution in [2.24, 2.45) is 10.8 Å². The van der Waals surface area contributed by atoms with Crippen molar-refractivity contribution in [1.82, 2.24) is 0 Å². The van der Waals surface area contributed by atoms with Crippen molar-refractivity contribution in [3.8, 4) is 0 Å². The normalized spacial score (nSPS) is 22.9. The van der Waals surface area contributed by atoms with E-state index in [1.54, 1.807) is 0 Å². The Bertz CT molecular complexity index is 635. The van der Waals surface area contributed by atoms with Crippen molar-refractivity contribution >= 4 is 0 Å². The summed E-state index contributed by atoms with van der Waals surface area (Å²) in [6, 6.07) is 6.55. The molecule has 0 N–H and O–H groups in total. The minimum Gasteiger partial charge on any atom is -0.380 e. The van der Waals surface area contributed by atoms with E-state index in [1.807, 2.05) is 0 Å². The van der Waals surface area contributed by atoms with E-state index in [1.165, 1.54) is 16.7 Å². The third kappa shape index (κ3) is 4.14. The monoisotopic (exact) mass is 390 g/mol. The molecule has 0 radical (unpaired) electrons. The van der Waals surface area contributed by atoms with E-state index in [9.17, 15) is 0 Å². The first-order chi connectivity index (χ1) is 13.7. The fraction of sp³-hybridized carbons (Fsp3) is 0.739. The predicted octanol–water partition coefficient (Wildman–Crippen LogP) is 3.69. The van der Waals surface area contributed by atoms with Crippen LogP contribution in [0.15, 0.2) is 18.2 Å². The zero-order chi connectivity index (χ0) is 19.5. The zero-order valence-electron chi connectivity index (χ0n) is 17.3. The lowest BCUT2D eigenvalue weighted by molar-refractivity contribution is -0.154. The maximum atomic E-state index is 6.22. The molecule has 0 saturated carbocycles. The Morgan fingerprint density at radius 1 is 0.857 bits per heavy atom. The lowest BCUT2D eigenvalue weighted by Crippen LogP contribution is -2.45. The molecule has 0 unspecified atom stereocenters. The van der Waals surface area contributed by atoms with Crippen LogP contribution in [0.3, 0.4) is 0 Å². The fourth-order valence-corrected chi connectivity index (χ4v) is 4.07. The molecule has 3 aliphatic heterocycles. The largest absolute Gasteiger partial charge is 0.380 e. The minimum atomic E-state index is 0.211. The summed E-state index contributed by atoms with van der Waals surface area (Å²) in [7, 11) is 0. The second-order valence-corrected chi connectivity index (χ2v) is 8.90. The molecular formula is C23H34O5. The second-order valence-electron chi connectivity index (χ2n) is 8.90. The van der Waals surface area contributed by atoms with Crippen molar-refractivity contribution in [2.45, 2.75) is 45.8 Å². The molecule has 5 heteroatoms. The summed E-state index contributed by atoms with van der Waals surface area (Å²) in [6.07, 6.45) is 2.20. The van der Waals surface area contributed by atoms with Gasteiger partial charge < -0.3 is 23.7 Å². The Kier molecular flexibility index (Phi) is 6.38. The van der Waals surface area contributed by atoms with Crippen molar-refractivity contribution in [2.75, 3.05) is 52.9 Å². The highest BCUT2D eigenvalue weighted by molar-refractivity contribution is 5.38.